The maximum Gasteiger partial charge on any atom is 0.319 e. The monoisotopic (exact) mass is 160 g/mol. The fraction of sp³-hybridized carbons (Fsp3) is 0.667. The minimum Gasteiger partial charge on any atom is -0.395 e. The Balaban J connectivity index is 2.74. The topological polar surface area (TPSA) is 83.8 Å². The second kappa shape index (κ2) is 2.98. The molecular formula is C6H8O5. The number of ether oxygens (including phenoxy) is 1. The molecule has 0 aromatic heterocycles. The molecule has 2 atom stereocenters. The summed E-state index contributed by atoms with van der Waals surface area (Å²) >= 11 is 0. The SMILES string of the molecule is O=C1OC(=O)C(CO)C1CO. The number of carbonyl (C=O) groups excluding carboxylic acids is 2. The molecule has 0 saturated carbocycles. The molecule has 1 heterocycles. The molecule has 1 saturated heterocycles. The van der Waals surface area contributed by atoms with Gasteiger partial charge in [-0.1, -0.05) is 0 Å². The normalized spacial score (nSPS) is 30.7. The average Bonchev–Trinajstić information content (AvgIpc) is 2.24. The molecule has 2 N–H and O–H groups in total. The van der Waals surface area contributed by atoms with E-state index in [1.54, 1.807) is 0 Å². The average molecular weight is 160 g/mol. The Morgan fingerprint density at radius 3 is 1.73 bits per heavy atom. The molecule has 11 heavy (non-hydrogen) atoms. The van der Waals surface area contributed by atoms with Crippen LogP contribution in [0.1, 0.15) is 0 Å². The summed E-state index contributed by atoms with van der Waals surface area (Å²) in [5, 5.41) is 17.2. The Morgan fingerprint density at radius 1 is 1.09 bits per heavy atom. The minimum atomic E-state index is -0.882. The first-order chi connectivity index (χ1) is 5.20. The van der Waals surface area contributed by atoms with Crippen molar-refractivity contribution in [1.29, 1.82) is 0 Å². The fourth-order valence-corrected chi connectivity index (χ4v) is 0.983. The highest BCUT2D eigenvalue weighted by Crippen LogP contribution is 2.22. The van der Waals surface area contributed by atoms with E-state index in [4.69, 9.17) is 10.2 Å². The Kier molecular flexibility index (Phi) is 2.21. The van der Waals surface area contributed by atoms with Crippen molar-refractivity contribution >= 4 is 11.9 Å². The van der Waals surface area contributed by atoms with Crippen LogP contribution >= 0.6 is 0 Å². The number of hydrogen-bond acceptors (Lipinski definition) is 5. The number of aliphatic hydroxyl groups excluding tert-OH is 2. The standard InChI is InChI=1S/C6H8O5/c7-1-3-4(2-8)6(10)11-5(3)9/h3-4,7-8H,1-2H2. The van der Waals surface area contributed by atoms with E-state index in [9.17, 15) is 9.59 Å². The third-order valence-electron chi connectivity index (χ3n) is 1.69. The van der Waals surface area contributed by atoms with Gasteiger partial charge in [0.25, 0.3) is 0 Å². The molecule has 5 nitrogen and oxygen atoms in total. The van der Waals surface area contributed by atoms with Crippen molar-refractivity contribution in [2.45, 2.75) is 0 Å². The van der Waals surface area contributed by atoms with Gasteiger partial charge in [-0.05, 0) is 0 Å². The van der Waals surface area contributed by atoms with Crippen LogP contribution in [0.3, 0.4) is 0 Å². The minimum absolute atomic E-state index is 0.462. The van der Waals surface area contributed by atoms with Crippen LogP contribution in [0.5, 0.6) is 0 Å². The lowest BCUT2D eigenvalue weighted by molar-refractivity contribution is -0.154. The van der Waals surface area contributed by atoms with Gasteiger partial charge in [-0.25, -0.2) is 0 Å². The number of rotatable bonds is 2. The first-order valence-corrected chi connectivity index (χ1v) is 3.18. The Morgan fingerprint density at radius 2 is 1.45 bits per heavy atom. The molecule has 0 aromatic rings. The molecule has 0 spiro atoms. The van der Waals surface area contributed by atoms with Crippen molar-refractivity contribution in [1.82, 2.24) is 0 Å². The molecule has 1 aliphatic heterocycles. The van der Waals surface area contributed by atoms with Crippen molar-refractivity contribution in [3.63, 3.8) is 0 Å². The number of esters is 2. The first-order valence-electron chi connectivity index (χ1n) is 3.18. The van der Waals surface area contributed by atoms with Gasteiger partial charge < -0.3 is 14.9 Å². The van der Waals surface area contributed by atoms with Crippen molar-refractivity contribution in [3.05, 3.63) is 0 Å². The highest BCUT2D eigenvalue weighted by molar-refractivity contribution is 5.96. The van der Waals surface area contributed by atoms with E-state index in [2.05, 4.69) is 4.74 Å². The van der Waals surface area contributed by atoms with Crippen LogP contribution in [0.25, 0.3) is 0 Å². The first kappa shape index (κ1) is 8.16. The van der Waals surface area contributed by atoms with Crippen LogP contribution in [-0.4, -0.2) is 35.4 Å². The van der Waals surface area contributed by atoms with Crippen molar-refractivity contribution in [3.8, 4) is 0 Å². The van der Waals surface area contributed by atoms with Crippen molar-refractivity contribution < 1.29 is 24.5 Å². The van der Waals surface area contributed by atoms with Crippen LogP contribution < -0.4 is 0 Å². The second-order valence-corrected chi connectivity index (χ2v) is 2.32. The van der Waals surface area contributed by atoms with Gasteiger partial charge in [-0.15, -0.1) is 0 Å². The third kappa shape index (κ3) is 1.24. The predicted octanol–water partition coefficient (Wildman–Crippen LogP) is -1.71. The molecule has 1 rings (SSSR count). The Hall–Kier alpha value is -0.940. The van der Waals surface area contributed by atoms with Gasteiger partial charge in [-0.2, -0.15) is 0 Å². The summed E-state index contributed by atoms with van der Waals surface area (Å²) in [4.78, 5) is 21.3. The van der Waals surface area contributed by atoms with E-state index in [1.165, 1.54) is 0 Å². The number of aliphatic hydroxyl groups is 2. The van der Waals surface area contributed by atoms with E-state index in [-0.39, 0.29) is 0 Å². The quantitative estimate of drug-likeness (QED) is 0.371. The summed E-state index contributed by atoms with van der Waals surface area (Å²) in [5.41, 5.74) is 0. The molecule has 2 unspecified atom stereocenters. The van der Waals surface area contributed by atoms with E-state index in [0.29, 0.717) is 0 Å². The Bertz CT molecular complexity index is 167. The number of cyclic esters (lactones) is 2. The largest absolute Gasteiger partial charge is 0.395 e. The van der Waals surface area contributed by atoms with Crippen molar-refractivity contribution in [2.24, 2.45) is 11.8 Å². The molecule has 1 aliphatic rings. The summed E-state index contributed by atoms with van der Waals surface area (Å²) in [6.07, 6.45) is 0. The number of carbonyl (C=O) groups is 2. The summed E-state index contributed by atoms with van der Waals surface area (Å²) in [7, 11) is 0. The van der Waals surface area contributed by atoms with Gasteiger partial charge in [0.2, 0.25) is 0 Å². The van der Waals surface area contributed by atoms with Crippen LogP contribution in [0.15, 0.2) is 0 Å². The highest BCUT2D eigenvalue weighted by atomic mass is 16.6. The van der Waals surface area contributed by atoms with Gasteiger partial charge in [0.15, 0.2) is 0 Å². The fourth-order valence-electron chi connectivity index (χ4n) is 0.983. The van der Waals surface area contributed by atoms with Gasteiger partial charge >= 0.3 is 11.9 Å². The molecule has 0 bridgehead atoms. The molecular weight excluding hydrogens is 152 g/mol. The third-order valence-corrected chi connectivity index (χ3v) is 1.69. The Labute approximate surface area is 62.6 Å². The highest BCUT2D eigenvalue weighted by Gasteiger charge is 2.43. The van der Waals surface area contributed by atoms with E-state index < -0.39 is 37.0 Å². The molecule has 1 fully saturated rings. The summed E-state index contributed by atoms with van der Waals surface area (Å²) in [6.45, 7) is -0.925. The molecule has 0 radical (unpaired) electrons. The molecule has 62 valence electrons. The molecule has 0 aromatic carbocycles. The lowest BCUT2D eigenvalue weighted by Gasteiger charge is -2.05. The van der Waals surface area contributed by atoms with E-state index >= 15 is 0 Å². The zero-order valence-corrected chi connectivity index (χ0v) is 5.69. The second-order valence-electron chi connectivity index (χ2n) is 2.32. The van der Waals surface area contributed by atoms with Gasteiger partial charge in [-0.3, -0.25) is 9.59 Å². The lowest BCUT2D eigenvalue weighted by Crippen LogP contribution is -2.24. The van der Waals surface area contributed by atoms with Crippen LogP contribution in [0, 0.1) is 11.8 Å². The summed E-state index contributed by atoms with van der Waals surface area (Å²) < 4.78 is 4.17. The van der Waals surface area contributed by atoms with Gasteiger partial charge in [0.05, 0.1) is 25.0 Å². The van der Waals surface area contributed by atoms with Crippen LogP contribution in [0.4, 0.5) is 0 Å². The van der Waals surface area contributed by atoms with Gasteiger partial charge in [0, 0.05) is 0 Å². The molecule has 0 aliphatic carbocycles. The maximum atomic E-state index is 10.7. The van der Waals surface area contributed by atoms with Crippen molar-refractivity contribution in [2.75, 3.05) is 13.2 Å². The predicted molar refractivity (Wildman–Crippen MR) is 32.3 cm³/mol. The van der Waals surface area contributed by atoms with E-state index in [0.717, 1.165) is 0 Å². The molecule has 5 heteroatoms. The van der Waals surface area contributed by atoms with Crippen LogP contribution in [-0.2, 0) is 14.3 Å². The summed E-state index contributed by atoms with van der Waals surface area (Å²) in [5.74, 6) is -3.27. The van der Waals surface area contributed by atoms with E-state index in [1.807, 2.05) is 0 Å². The zero-order valence-electron chi connectivity index (χ0n) is 5.69. The van der Waals surface area contributed by atoms with Gasteiger partial charge in [0.1, 0.15) is 0 Å². The smallest absolute Gasteiger partial charge is 0.319 e. The summed E-state index contributed by atoms with van der Waals surface area (Å²) in [6, 6.07) is 0. The lowest BCUT2D eigenvalue weighted by atomic mass is 9.97. The maximum absolute atomic E-state index is 10.7. The number of hydrogen-bond donors (Lipinski definition) is 2. The molecule has 0 amide bonds. The van der Waals surface area contributed by atoms with Crippen LogP contribution in [0.2, 0.25) is 0 Å². The zero-order chi connectivity index (χ0) is 8.43.